The number of allylic oxidation sites excluding steroid dienone is 5. The average molecular weight is 311 g/mol. The fourth-order valence-electron chi connectivity index (χ4n) is 1.72. The highest BCUT2D eigenvalue weighted by atomic mass is 32.2. The highest BCUT2D eigenvalue weighted by Gasteiger charge is 1.97. The van der Waals surface area contributed by atoms with Gasteiger partial charge in [-0.2, -0.15) is 0 Å². The smallest absolute Gasteiger partial charge is 0.253 e. The topological polar surface area (TPSA) is 49.3 Å². The third-order valence-corrected chi connectivity index (χ3v) is 3.90. The Hall–Kier alpha value is -1.00. The summed E-state index contributed by atoms with van der Waals surface area (Å²) in [4.78, 5) is 10.8. The SMILES string of the molecule is CC(C)=CCC/C(C)=C/CC/C(C)=C/CSCC(=O)NO. The van der Waals surface area contributed by atoms with Crippen molar-refractivity contribution >= 4 is 17.7 Å². The first-order chi connectivity index (χ1) is 9.95. The van der Waals surface area contributed by atoms with Gasteiger partial charge in [-0.1, -0.05) is 34.9 Å². The van der Waals surface area contributed by atoms with E-state index in [0.717, 1.165) is 31.4 Å². The van der Waals surface area contributed by atoms with Crippen LogP contribution in [0.25, 0.3) is 0 Å². The summed E-state index contributed by atoms with van der Waals surface area (Å²) in [6.07, 6.45) is 11.2. The Labute approximate surface area is 133 Å². The fraction of sp³-hybridized carbons (Fsp3) is 0.588. The number of hydroxylamine groups is 1. The van der Waals surface area contributed by atoms with Crippen molar-refractivity contribution < 1.29 is 10.0 Å². The van der Waals surface area contributed by atoms with Crippen LogP contribution in [0.5, 0.6) is 0 Å². The highest BCUT2D eigenvalue weighted by Crippen LogP contribution is 2.12. The van der Waals surface area contributed by atoms with Crippen molar-refractivity contribution in [2.45, 2.75) is 53.4 Å². The van der Waals surface area contributed by atoms with Crippen molar-refractivity contribution in [3.05, 3.63) is 34.9 Å². The van der Waals surface area contributed by atoms with Crippen LogP contribution in [0.15, 0.2) is 34.9 Å². The fourth-order valence-corrected chi connectivity index (χ4v) is 2.49. The van der Waals surface area contributed by atoms with Gasteiger partial charge in [-0.05, 0) is 53.4 Å². The van der Waals surface area contributed by atoms with Crippen LogP contribution < -0.4 is 5.48 Å². The monoisotopic (exact) mass is 311 g/mol. The first-order valence-electron chi connectivity index (χ1n) is 7.41. The van der Waals surface area contributed by atoms with Crippen molar-refractivity contribution in [1.82, 2.24) is 5.48 Å². The maximum absolute atomic E-state index is 10.8. The summed E-state index contributed by atoms with van der Waals surface area (Å²) in [5, 5.41) is 8.36. The van der Waals surface area contributed by atoms with Crippen LogP contribution in [0, 0.1) is 0 Å². The van der Waals surface area contributed by atoms with Crippen molar-refractivity contribution in [3.8, 4) is 0 Å². The van der Waals surface area contributed by atoms with Gasteiger partial charge in [0.2, 0.25) is 0 Å². The van der Waals surface area contributed by atoms with Crippen LogP contribution in [0.1, 0.15) is 53.4 Å². The molecule has 0 aliphatic rings. The van der Waals surface area contributed by atoms with Crippen LogP contribution >= 0.6 is 11.8 Å². The summed E-state index contributed by atoms with van der Waals surface area (Å²) >= 11 is 1.50. The second kappa shape index (κ2) is 12.7. The molecule has 0 saturated heterocycles. The van der Waals surface area contributed by atoms with Crippen LogP contribution in [0.4, 0.5) is 0 Å². The Kier molecular flexibility index (Phi) is 12.1. The molecule has 0 unspecified atom stereocenters. The van der Waals surface area contributed by atoms with Crippen molar-refractivity contribution in [2.75, 3.05) is 11.5 Å². The molecule has 0 fully saturated rings. The van der Waals surface area contributed by atoms with Crippen molar-refractivity contribution in [3.63, 3.8) is 0 Å². The Morgan fingerprint density at radius 2 is 1.57 bits per heavy atom. The molecule has 0 aromatic rings. The number of thioether (sulfide) groups is 1. The molecule has 1 amide bonds. The van der Waals surface area contributed by atoms with E-state index in [1.807, 2.05) is 0 Å². The van der Waals surface area contributed by atoms with E-state index < -0.39 is 0 Å². The maximum atomic E-state index is 10.8. The zero-order valence-electron chi connectivity index (χ0n) is 13.7. The molecule has 120 valence electrons. The molecule has 0 radical (unpaired) electrons. The first kappa shape index (κ1) is 20.0. The molecule has 3 nitrogen and oxygen atoms in total. The number of nitrogens with one attached hydrogen (secondary N) is 1. The molecular weight excluding hydrogens is 282 g/mol. The number of hydrogen-bond donors (Lipinski definition) is 2. The summed E-state index contributed by atoms with van der Waals surface area (Å²) in [6, 6.07) is 0. The molecule has 0 atom stereocenters. The van der Waals surface area contributed by atoms with E-state index >= 15 is 0 Å². The predicted octanol–water partition coefficient (Wildman–Crippen LogP) is 4.64. The van der Waals surface area contributed by atoms with Gasteiger partial charge in [-0.25, -0.2) is 5.48 Å². The maximum Gasteiger partial charge on any atom is 0.253 e. The standard InChI is InChI=1S/C17H29NO2S/c1-14(2)7-5-8-15(3)9-6-10-16(4)11-12-21-13-17(19)18-20/h7,9,11,20H,5-6,8,10,12-13H2,1-4H3,(H,18,19)/b15-9+,16-11+. The van der Waals surface area contributed by atoms with Gasteiger partial charge in [0.1, 0.15) is 0 Å². The minimum Gasteiger partial charge on any atom is -0.289 e. The summed E-state index contributed by atoms with van der Waals surface area (Å²) in [5.41, 5.74) is 5.81. The minimum atomic E-state index is -0.346. The van der Waals surface area contributed by atoms with E-state index in [0.29, 0.717) is 5.75 Å². The molecule has 0 spiro atoms. The van der Waals surface area contributed by atoms with E-state index in [9.17, 15) is 4.79 Å². The van der Waals surface area contributed by atoms with Crippen LogP contribution in [0.3, 0.4) is 0 Å². The van der Waals surface area contributed by atoms with Crippen LogP contribution in [-0.4, -0.2) is 22.6 Å². The quantitative estimate of drug-likeness (QED) is 0.267. The third-order valence-electron chi connectivity index (χ3n) is 3.03. The normalized spacial score (nSPS) is 12.2. The Bertz CT molecular complexity index is 394. The van der Waals surface area contributed by atoms with Crippen molar-refractivity contribution in [2.24, 2.45) is 0 Å². The van der Waals surface area contributed by atoms with E-state index in [-0.39, 0.29) is 5.91 Å². The average Bonchev–Trinajstić information content (AvgIpc) is 2.42. The molecule has 4 heteroatoms. The molecule has 2 N–H and O–H groups in total. The van der Waals surface area contributed by atoms with Gasteiger partial charge in [0.05, 0.1) is 5.75 Å². The van der Waals surface area contributed by atoms with Gasteiger partial charge >= 0.3 is 0 Å². The summed E-state index contributed by atoms with van der Waals surface area (Å²) < 4.78 is 0. The van der Waals surface area contributed by atoms with E-state index in [1.54, 1.807) is 5.48 Å². The van der Waals surface area contributed by atoms with E-state index in [1.165, 1.54) is 28.5 Å². The highest BCUT2D eigenvalue weighted by molar-refractivity contribution is 8.00. The van der Waals surface area contributed by atoms with Gasteiger partial charge in [-0.3, -0.25) is 10.0 Å². The number of amides is 1. The largest absolute Gasteiger partial charge is 0.289 e. The first-order valence-corrected chi connectivity index (χ1v) is 8.56. The van der Waals surface area contributed by atoms with Gasteiger partial charge < -0.3 is 0 Å². The zero-order chi connectivity index (χ0) is 16.1. The van der Waals surface area contributed by atoms with Crippen LogP contribution in [-0.2, 0) is 4.79 Å². The molecule has 0 aliphatic carbocycles. The molecule has 0 aromatic heterocycles. The van der Waals surface area contributed by atoms with Crippen molar-refractivity contribution in [1.29, 1.82) is 0 Å². The molecule has 21 heavy (non-hydrogen) atoms. The molecule has 0 bridgehead atoms. The molecular formula is C17H29NO2S. The lowest BCUT2D eigenvalue weighted by Gasteiger charge is -2.02. The summed E-state index contributed by atoms with van der Waals surface area (Å²) in [5.74, 6) is 0.757. The number of carbonyl (C=O) groups excluding carboxylic acids is 1. The lowest BCUT2D eigenvalue weighted by atomic mass is 10.1. The lowest BCUT2D eigenvalue weighted by Crippen LogP contribution is -2.20. The zero-order valence-corrected chi connectivity index (χ0v) is 14.6. The number of hydrogen-bond acceptors (Lipinski definition) is 3. The second-order valence-corrected chi connectivity index (χ2v) is 6.54. The molecule has 0 aromatic carbocycles. The Balaban J connectivity index is 3.83. The Morgan fingerprint density at radius 1 is 1.00 bits per heavy atom. The van der Waals surface area contributed by atoms with E-state index in [4.69, 9.17) is 5.21 Å². The lowest BCUT2D eigenvalue weighted by molar-refractivity contribution is -0.126. The Morgan fingerprint density at radius 3 is 2.14 bits per heavy atom. The molecule has 0 heterocycles. The molecule has 0 rings (SSSR count). The van der Waals surface area contributed by atoms with Gasteiger partial charge in [0.15, 0.2) is 0 Å². The summed E-state index contributed by atoms with van der Waals surface area (Å²) in [7, 11) is 0. The van der Waals surface area contributed by atoms with Gasteiger partial charge in [0, 0.05) is 5.75 Å². The predicted molar refractivity (Wildman–Crippen MR) is 92.7 cm³/mol. The minimum absolute atomic E-state index is 0.295. The summed E-state index contributed by atoms with van der Waals surface area (Å²) in [6.45, 7) is 8.59. The van der Waals surface area contributed by atoms with Gasteiger partial charge in [-0.15, -0.1) is 11.8 Å². The van der Waals surface area contributed by atoms with Gasteiger partial charge in [0.25, 0.3) is 5.91 Å². The number of carbonyl (C=O) groups is 1. The molecule has 0 aliphatic heterocycles. The van der Waals surface area contributed by atoms with E-state index in [2.05, 4.69) is 45.9 Å². The molecule has 0 saturated carbocycles. The third kappa shape index (κ3) is 13.7. The second-order valence-electron chi connectivity index (χ2n) is 5.51. The number of rotatable bonds is 10. The van der Waals surface area contributed by atoms with Crippen LogP contribution in [0.2, 0.25) is 0 Å².